The summed E-state index contributed by atoms with van der Waals surface area (Å²) in [4.78, 5) is 15.4. The van der Waals surface area contributed by atoms with Crippen LogP contribution >= 0.6 is 31.9 Å². The summed E-state index contributed by atoms with van der Waals surface area (Å²) in [6.07, 6.45) is 1.41. The molecule has 0 saturated heterocycles. The first-order valence-corrected chi connectivity index (χ1v) is 10.8. The minimum Gasteiger partial charge on any atom is -0.489 e. The molecule has 0 aliphatic carbocycles. The number of carbonyl (C=O) groups is 1. The average Bonchev–Trinajstić information content (AvgIpc) is 2.74. The number of ether oxygens (including phenoxy) is 2. The van der Waals surface area contributed by atoms with Crippen molar-refractivity contribution in [3.63, 3.8) is 0 Å². The van der Waals surface area contributed by atoms with Gasteiger partial charge < -0.3 is 19.4 Å². The Labute approximate surface area is 196 Å². The topological polar surface area (TPSA) is 77.4 Å². The summed E-state index contributed by atoms with van der Waals surface area (Å²) in [7, 11) is 0. The van der Waals surface area contributed by atoms with Crippen molar-refractivity contribution in [2.75, 3.05) is 6.61 Å². The van der Waals surface area contributed by atoms with Gasteiger partial charge >= 0.3 is 5.97 Å². The first-order valence-electron chi connectivity index (χ1n) is 9.25. The molecule has 0 radical (unpaired) electrons. The van der Waals surface area contributed by atoms with Crippen molar-refractivity contribution in [3.05, 3.63) is 92.4 Å². The number of carboxylic acid groups (broad SMARTS) is 1. The van der Waals surface area contributed by atoms with Crippen LogP contribution < -0.4 is 9.47 Å². The second-order valence-corrected chi connectivity index (χ2v) is 8.27. The van der Waals surface area contributed by atoms with E-state index in [0.29, 0.717) is 30.3 Å². The summed E-state index contributed by atoms with van der Waals surface area (Å²) < 4.78 is 13.8. The van der Waals surface area contributed by atoms with Gasteiger partial charge in [-0.15, -0.1) is 0 Å². The molecule has 3 rings (SSSR count). The lowest BCUT2D eigenvalue weighted by molar-refractivity contribution is -0.142. The van der Waals surface area contributed by atoms with Crippen molar-refractivity contribution < 1.29 is 24.2 Å². The summed E-state index contributed by atoms with van der Waals surface area (Å²) in [5.41, 5.74) is 2.62. The minimum atomic E-state index is -1.10. The maximum absolute atomic E-state index is 10.6. The Morgan fingerprint density at radius 3 is 2.16 bits per heavy atom. The number of aliphatic carboxylic acids is 1. The zero-order chi connectivity index (χ0) is 22.1. The minimum absolute atomic E-state index is 0.356. The van der Waals surface area contributed by atoms with Crippen LogP contribution in [-0.2, 0) is 22.8 Å². The van der Waals surface area contributed by atoms with Crippen LogP contribution in [0.4, 0.5) is 0 Å². The third-order valence-corrected chi connectivity index (χ3v) is 5.00. The Morgan fingerprint density at radius 2 is 1.55 bits per heavy atom. The fourth-order valence-corrected chi connectivity index (χ4v) is 3.51. The molecule has 0 saturated carbocycles. The molecular formula is C23H19Br2NO5. The van der Waals surface area contributed by atoms with Gasteiger partial charge in [0.25, 0.3) is 0 Å². The largest absolute Gasteiger partial charge is 0.489 e. The number of hydrogen-bond donors (Lipinski definition) is 1. The predicted octanol–water partition coefficient (Wildman–Crippen LogP) is 5.80. The van der Waals surface area contributed by atoms with Crippen LogP contribution in [-0.4, -0.2) is 23.9 Å². The smallest absolute Gasteiger partial charge is 0.344 e. The van der Waals surface area contributed by atoms with Gasteiger partial charge in [-0.2, -0.15) is 0 Å². The van der Waals surface area contributed by atoms with Crippen LogP contribution in [0.15, 0.2) is 80.8 Å². The number of benzene rings is 3. The number of nitrogens with zero attached hydrogens (tertiary/aromatic N) is 1. The quantitative estimate of drug-likeness (QED) is 0.256. The lowest BCUT2D eigenvalue weighted by Crippen LogP contribution is -2.04. The monoisotopic (exact) mass is 547 g/mol. The molecule has 31 heavy (non-hydrogen) atoms. The standard InChI is InChI=1S/C23H19Br2NO5/c24-19-5-1-3-16(9-19)13-29-21-7-8-22(18(11-21)12-26-31-15-23(27)28)30-14-17-4-2-6-20(25)10-17/h1-12H,13-15H2,(H,27,28). The molecule has 0 amide bonds. The summed E-state index contributed by atoms with van der Waals surface area (Å²) >= 11 is 6.89. The molecule has 6 nitrogen and oxygen atoms in total. The molecule has 0 spiro atoms. The number of halogens is 2. The van der Waals surface area contributed by atoms with Crippen LogP contribution in [0.2, 0.25) is 0 Å². The van der Waals surface area contributed by atoms with Crippen LogP contribution in [0.3, 0.4) is 0 Å². The van der Waals surface area contributed by atoms with Crippen LogP contribution in [0, 0.1) is 0 Å². The van der Waals surface area contributed by atoms with E-state index in [0.717, 1.165) is 20.1 Å². The molecule has 0 aliphatic heterocycles. The molecule has 3 aromatic rings. The highest BCUT2D eigenvalue weighted by Crippen LogP contribution is 2.25. The Balaban J connectivity index is 1.73. The summed E-state index contributed by atoms with van der Waals surface area (Å²) in [5, 5.41) is 12.4. The number of carboxylic acids is 1. The second kappa shape index (κ2) is 11.5. The SMILES string of the molecule is O=C(O)CON=Cc1cc(OCc2cccc(Br)c2)ccc1OCc1cccc(Br)c1. The Bertz CT molecular complexity index is 1070. The molecule has 0 aliphatic rings. The summed E-state index contributed by atoms with van der Waals surface area (Å²) in [6.45, 7) is 0.224. The molecule has 1 N–H and O–H groups in total. The van der Waals surface area contributed by atoms with E-state index in [9.17, 15) is 4.79 Å². The van der Waals surface area contributed by atoms with Gasteiger partial charge in [-0.05, 0) is 53.6 Å². The number of rotatable bonds is 10. The van der Waals surface area contributed by atoms with Crippen molar-refractivity contribution in [2.24, 2.45) is 5.16 Å². The highest BCUT2D eigenvalue weighted by molar-refractivity contribution is 9.10. The van der Waals surface area contributed by atoms with E-state index in [2.05, 4.69) is 37.0 Å². The zero-order valence-electron chi connectivity index (χ0n) is 16.3. The lowest BCUT2D eigenvalue weighted by Gasteiger charge is -2.12. The molecule has 0 heterocycles. The zero-order valence-corrected chi connectivity index (χ0v) is 19.5. The average molecular weight is 549 g/mol. The molecule has 0 atom stereocenters. The number of oxime groups is 1. The Kier molecular flexibility index (Phi) is 8.49. The van der Waals surface area contributed by atoms with Crippen LogP contribution in [0.1, 0.15) is 16.7 Å². The highest BCUT2D eigenvalue weighted by atomic mass is 79.9. The van der Waals surface area contributed by atoms with Crippen molar-refractivity contribution in [2.45, 2.75) is 13.2 Å². The molecule has 0 unspecified atom stereocenters. The van der Waals surface area contributed by atoms with Gasteiger partial charge in [0, 0.05) is 14.5 Å². The molecule has 0 bridgehead atoms. The van der Waals surface area contributed by atoms with Gasteiger partial charge in [0.2, 0.25) is 6.61 Å². The van der Waals surface area contributed by atoms with Crippen molar-refractivity contribution >= 4 is 44.0 Å². The van der Waals surface area contributed by atoms with Gasteiger partial charge in [-0.3, -0.25) is 0 Å². The number of hydrogen-bond acceptors (Lipinski definition) is 5. The molecule has 0 fully saturated rings. The maximum Gasteiger partial charge on any atom is 0.344 e. The van der Waals surface area contributed by atoms with Gasteiger partial charge in [0.15, 0.2) is 0 Å². The Morgan fingerprint density at radius 1 is 0.903 bits per heavy atom. The highest BCUT2D eigenvalue weighted by Gasteiger charge is 2.07. The normalized spacial score (nSPS) is 10.8. The van der Waals surface area contributed by atoms with E-state index in [1.165, 1.54) is 6.21 Å². The molecule has 8 heteroatoms. The van der Waals surface area contributed by atoms with E-state index in [1.54, 1.807) is 12.1 Å². The third kappa shape index (κ3) is 7.73. The van der Waals surface area contributed by atoms with E-state index in [1.807, 2.05) is 54.6 Å². The molecule has 3 aromatic carbocycles. The fraction of sp³-hybridized carbons (Fsp3) is 0.130. The molecular weight excluding hydrogens is 530 g/mol. The van der Waals surface area contributed by atoms with E-state index in [-0.39, 0.29) is 0 Å². The Hall–Kier alpha value is -2.84. The van der Waals surface area contributed by atoms with E-state index in [4.69, 9.17) is 19.4 Å². The second-order valence-electron chi connectivity index (χ2n) is 6.44. The predicted molar refractivity (Wildman–Crippen MR) is 125 cm³/mol. The van der Waals surface area contributed by atoms with E-state index < -0.39 is 12.6 Å². The van der Waals surface area contributed by atoms with Gasteiger partial charge in [0.05, 0.1) is 6.21 Å². The van der Waals surface area contributed by atoms with Crippen molar-refractivity contribution in [1.29, 1.82) is 0 Å². The molecule has 0 aromatic heterocycles. The van der Waals surface area contributed by atoms with Crippen LogP contribution in [0.5, 0.6) is 11.5 Å². The van der Waals surface area contributed by atoms with Crippen molar-refractivity contribution in [1.82, 2.24) is 0 Å². The van der Waals surface area contributed by atoms with Gasteiger partial charge in [-0.25, -0.2) is 4.79 Å². The third-order valence-electron chi connectivity index (χ3n) is 4.01. The summed E-state index contributed by atoms with van der Waals surface area (Å²) in [5.74, 6) is 0.0845. The first kappa shape index (κ1) is 22.8. The van der Waals surface area contributed by atoms with Crippen LogP contribution in [0.25, 0.3) is 0 Å². The lowest BCUT2D eigenvalue weighted by atomic mass is 10.2. The summed E-state index contributed by atoms with van der Waals surface area (Å²) in [6, 6.07) is 21.0. The maximum atomic E-state index is 10.6. The van der Waals surface area contributed by atoms with Crippen molar-refractivity contribution in [3.8, 4) is 11.5 Å². The van der Waals surface area contributed by atoms with Gasteiger partial charge in [-0.1, -0.05) is 61.3 Å². The first-order chi connectivity index (χ1) is 15.0. The fourth-order valence-electron chi connectivity index (χ4n) is 2.62. The molecule has 160 valence electrons. The van der Waals surface area contributed by atoms with Gasteiger partial charge in [0.1, 0.15) is 24.7 Å². The van der Waals surface area contributed by atoms with E-state index >= 15 is 0 Å².